The molecule has 8 atom stereocenters. The molecule has 0 amide bonds. The second kappa shape index (κ2) is 5.40. The van der Waals surface area contributed by atoms with Crippen molar-refractivity contribution in [3.05, 3.63) is 0 Å². The topological polar surface area (TPSA) is 0 Å². The molecule has 0 aliphatic heterocycles. The molecule has 4 aliphatic rings. The highest BCUT2D eigenvalue weighted by atomic mass is 35.5. The lowest BCUT2D eigenvalue weighted by molar-refractivity contribution is -0.108. The molecule has 0 radical (unpaired) electrons. The van der Waals surface area contributed by atoms with Gasteiger partial charge in [0.05, 0.1) is 0 Å². The predicted octanol–water partition coefficient (Wildman–Crippen LogP) is 6.66. The third kappa shape index (κ3) is 1.95. The molecule has 4 fully saturated rings. The summed E-state index contributed by atoms with van der Waals surface area (Å²) in [5.41, 5.74) is 1.12. The monoisotopic (exact) mass is 322 g/mol. The van der Waals surface area contributed by atoms with E-state index < -0.39 is 0 Å². The fraction of sp³-hybridized carbons (Fsp3) is 1.00. The summed E-state index contributed by atoms with van der Waals surface area (Å²) in [4.78, 5) is 0. The summed E-state index contributed by atoms with van der Waals surface area (Å²) in [5, 5.41) is 0.451. The first kappa shape index (κ1) is 15.8. The lowest BCUT2D eigenvalue weighted by atomic mass is 9.44. The van der Waals surface area contributed by atoms with Gasteiger partial charge >= 0.3 is 0 Å². The van der Waals surface area contributed by atoms with Gasteiger partial charge in [0.1, 0.15) is 0 Å². The van der Waals surface area contributed by atoms with Crippen molar-refractivity contribution in [3.63, 3.8) is 0 Å². The molecule has 4 rings (SSSR count). The molecule has 126 valence electrons. The van der Waals surface area contributed by atoms with Crippen LogP contribution in [0.5, 0.6) is 0 Å². The Balaban J connectivity index is 1.65. The van der Waals surface area contributed by atoms with Gasteiger partial charge in [-0.3, -0.25) is 0 Å². The molecule has 0 nitrogen and oxygen atoms in total. The van der Waals surface area contributed by atoms with E-state index in [9.17, 15) is 0 Å². The van der Waals surface area contributed by atoms with Crippen molar-refractivity contribution >= 4 is 11.6 Å². The SMILES string of the molecule is CC[C@H]1CC[C@H]2[C@@H]3CCC4CCCC(Cl)[C@]4(C)[C@H]3CC[C@]12C. The standard InChI is InChI=1S/C21H35Cl/c1-4-14-9-11-17-16-10-8-15-6-5-7-19(22)21(15,3)18(16)12-13-20(14,17)2/h14-19H,4-13H2,1-3H3/t14-,15?,16-,17-,18-,19?,20+,21-/m0/s1. The summed E-state index contributed by atoms with van der Waals surface area (Å²) in [5.74, 6) is 4.87. The molecule has 22 heavy (non-hydrogen) atoms. The van der Waals surface area contributed by atoms with E-state index in [2.05, 4.69) is 20.8 Å². The van der Waals surface area contributed by atoms with Crippen molar-refractivity contribution in [2.45, 2.75) is 90.4 Å². The minimum absolute atomic E-state index is 0.451. The Kier molecular flexibility index (Phi) is 3.88. The first-order chi connectivity index (χ1) is 10.5. The van der Waals surface area contributed by atoms with Crippen LogP contribution in [0.25, 0.3) is 0 Å². The maximum atomic E-state index is 6.98. The number of fused-ring (bicyclic) bond motifs is 5. The summed E-state index contributed by atoms with van der Waals surface area (Å²) in [6.07, 6.45) is 14.5. The van der Waals surface area contributed by atoms with Crippen molar-refractivity contribution < 1.29 is 0 Å². The zero-order valence-corrected chi connectivity index (χ0v) is 15.7. The highest BCUT2D eigenvalue weighted by Gasteiger charge is 2.61. The predicted molar refractivity (Wildman–Crippen MR) is 95.1 cm³/mol. The molecular weight excluding hydrogens is 288 g/mol. The van der Waals surface area contributed by atoms with Crippen LogP contribution < -0.4 is 0 Å². The van der Waals surface area contributed by atoms with E-state index in [0.29, 0.717) is 16.2 Å². The van der Waals surface area contributed by atoms with Crippen LogP contribution in [-0.2, 0) is 0 Å². The molecule has 0 aromatic heterocycles. The fourth-order valence-corrected chi connectivity index (χ4v) is 8.54. The molecule has 0 aromatic carbocycles. The molecular formula is C21H35Cl. The van der Waals surface area contributed by atoms with Crippen LogP contribution in [0.1, 0.15) is 85.0 Å². The van der Waals surface area contributed by atoms with Crippen LogP contribution in [0.2, 0.25) is 0 Å². The van der Waals surface area contributed by atoms with E-state index in [4.69, 9.17) is 11.6 Å². The van der Waals surface area contributed by atoms with Gasteiger partial charge in [-0.1, -0.05) is 33.6 Å². The maximum absolute atomic E-state index is 6.98. The highest BCUT2D eigenvalue weighted by Crippen LogP contribution is 2.68. The largest absolute Gasteiger partial charge is 0.122 e. The number of hydrogen-bond donors (Lipinski definition) is 0. The summed E-state index contributed by atoms with van der Waals surface area (Å²) >= 11 is 6.98. The van der Waals surface area contributed by atoms with Gasteiger partial charge in [0, 0.05) is 5.38 Å². The first-order valence-electron chi connectivity index (χ1n) is 10.2. The Morgan fingerprint density at radius 3 is 2.50 bits per heavy atom. The normalized spacial score (nSPS) is 57.8. The Morgan fingerprint density at radius 2 is 1.73 bits per heavy atom. The second-order valence-electron chi connectivity index (χ2n) is 9.64. The Bertz CT molecular complexity index is 432. The van der Waals surface area contributed by atoms with Gasteiger partial charge in [0.2, 0.25) is 0 Å². The van der Waals surface area contributed by atoms with Crippen LogP contribution in [0.15, 0.2) is 0 Å². The third-order valence-corrected chi connectivity index (χ3v) is 10.0. The van der Waals surface area contributed by atoms with Crippen molar-refractivity contribution in [2.24, 2.45) is 40.4 Å². The Morgan fingerprint density at radius 1 is 0.909 bits per heavy atom. The molecule has 4 saturated carbocycles. The number of rotatable bonds is 1. The Labute approximate surface area is 142 Å². The average Bonchev–Trinajstić information content (AvgIpc) is 2.85. The van der Waals surface area contributed by atoms with Crippen LogP contribution in [-0.4, -0.2) is 5.38 Å². The van der Waals surface area contributed by atoms with Gasteiger partial charge < -0.3 is 0 Å². The zero-order chi connectivity index (χ0) is 15.5. The summed E-state index contributed by atoms with van der Waals surface area (Å²) in [7, 11) is 0. The van der Waals surface area contributed by atoms with E-state index in [1.54, 1.807) is 0 Å². The zero-order valence-electron chi connectivity index (χ0n) is 14.9. The molecule has 0 spiro atoms. The van der Waals surface area contributed by atoms with Crippen molar-refractivity contribution in [2.75, 3.05) is 0 Å². The van der Waals surface area contributed by atoms with E-state index in [1.165, 1.54) is 64.2 Å². The van der Waals surface area contributed by atoms with E-state index >= 15 is 0 Å². The van der Waals surface area contributed by atoms with Crippen LogP contribution in [0.4, 0.5) is 0 Å². The van der Waals surface area contributed by atoms with Crippen molar-refractivity contribution in [3.8, 4) is 0 Å². The van der Waals surface area contributed by atoms with E-state index in [1.807, 2.05) is 0 Å². The Hall–Kier alpha value is 0.290. The first-order valence-corrected chi connectivity index (χ1v) is 10.6. The van der Waals surface area contributed by atoms with Gasteiger partial charge in [0.25, 0.3) is 0 Å². The van der Waals surface area contributed by atoms with Crippen molar-refractivity contribution in [1.29, 1.82) is 0 Å². The summed E-state index contributed by atoms with van der Waals surface area (Å²) in [6.45, 7) is 7.68. The quantitative estimate of drug-likeness (QED) is 0.473. The van der Waals surface area contributed by atoms with E-state index in [0.717, 1.165) is 29.6 Å². The maximum Gasteiger partial charge on any atom is 0.0395 e. The average molecular weight is 323 g/mol. The molecule has 0 heterocycles. The molecule has 0 aromatic rings. The van der Waals surface area contributed by atoms with Gasteiger partial charge in [-0.15, -0.1) is 11.6 Å². The lowest BCUT2D eigenvalue weighted by Crippen LogP contribution is -2.56. The summed E-state index contributed by atoms with van der Waals surface area (Å²) in [6, 6.07) is 0. The van der Waals surface area contributed by atoms with E-state index in [-0.39, 0.29) is 0 Å². The number of alkyl halides is 1. The third-order valence-electron chi connectivity index (χ3n) is 9.34. The van der Waals surface area contributed by atoms with Crippen LogP contribution in [0.3, 0.4) is 0 Å². The number of halogens is 1. The number of hydrogen-bond acceptors (Lipinski definition) is 0. The van der Waals surface area contributed by atoms with Gasteiger partial charge in [-0.25, -0.2) is 0 Å². The molecule has 1 heteroatoms. The minimum atomic E-state index is 0.451. The molecule has 0 N–H and O–H groups in total. The summed E-state index contributed by atoms with van der Waals surface area (Å²) < 4.78 is 0. The lowest BCUT2D eigenvalue weighted by Gasteiger charge is -2.61. The molecule has 0 saturated heterocycles. The van der Waals surface area contributed by atoms with Crippen molar-refractivity contribution in [1.82, 2.24) is 0 Å². The van der Waals surface area contributed by atoms with Gasteiger partial charge in [-0.2, -0.15) is 0 Å². The minimum Gasteiger partial charge on any atom is -0.122 e. The van der Waals surface area contributed by atoms with Crippen LogP contribution >= 0.6 is 11.6 Å². The smallest absolute Gasteiger partial charge is 0.0395 e. The van der Waals surface area contributed by atoms with Gasteiger partial charge in [-0.05, 0) is 91.8 Å². The second-order valence-corrected chi connectivity index (χ2v) is 10.2. The molecule has 4 aliphatic carbocycles. The van der Waals surface area contributed by atoms with Crippen LogP contribution in [0, 0.1) is 40.4 Å². The molecule has 0 bridgehead atoms. The fourth-order valence-electron chi connectivity index (χ4n) is 8.05. The van der Waals surface area contributed by atoms with Gasteiger partial charge in [0.15, 0.2) is 0 Å². The molecule has 2 unspecified atom stereocenters. The highest BCUT2D eigenvalue weighted by molar-refractivity contribution is 6.21.